The van der Waals surface area contributed by atoms with Crippen molar-refractivity contribution in [3.63, 3.8) is 0 Å². The van der Waals surface area contributed by atoms with Gasteiger partial charge in [0.15, 0.2) is 0 Å². The molecule has 156 valence electrons. The van der Waals surface area contributed by atoms with Gasteiger partial charge in [-0.1, -0.05) is 0 Å². The summed E-state index contributed by atoms with van der Waals surface area (Å²) in [6, 6.07) is 7.01. The summed E-state index contributed by atoms with van der Waals surface area (Å²) in [4.78, 5) is 36.0. The lowest BCUT2D eigenvalue weighted by molar-refractivity contribution is -0.136. The van der Waals surface area contributed by atoms with Crippen LogP contribution in [0.3, 0.4) is 0 Å². The van der Waals surface area contributed by atoms with E-state index in [-0.39, 0.29) is 11.3 Å². The van der Waals surface area contributed by atoms with Gasteiger partial charge in [-0.3, -0.25) is 14.4 Å². The number of alkyl halides is 3. The fourth-order valence-electron chi connectivity index (χ4n) is 2.53. The van der Waals surface area contributed by atoms with Gasteiger partial charge in [-0.15, -0.1) is 0 Å². The van der Waals surface area contributed by atoms with Crippen LogP contribution in [0.1, 0.15) is 15.9 Å². The minimum atomic E-state index is -4.80. The number of carbonyl (C=O) groups is 2. The van der Waals surface area contributed by atoms with Gasteiger partial charge in [0.2, 0.25) is 5.91 Å². The molecule has 0 aliphatic heterocycles. The number of benzene rings is 1. The zero-order valence-electron chi connectivity index (χ0n) is 15.0. The lowest BCUT2D eigenvalue weighted by atomic mass is 10.1. The fourth-order valence-corrected chi connectivity index (χ4v) is 2.91. The molecule has 0 spiro atoms. The summed E-state index contributed by atoms with van der Waals surface area (Å²) in [7, 11) is 0. The molecule has 2 amide bonds. The second-order valence-electron chi connectivity index (χ2n) is 6.09. The molecule has 30 heavy (non-hydrogen) atoms. The third-order valence-corrected chi connectivity index (χ3v) is 4.37. The van der Waals surface area contributed by atoms with Gasteiger partial charge in [0.25, 0.3) is 11.5 Å². The molecule has 3 aromatic rings. The molecule has 0 radical (unpaired) electrons. The van der Waals surface area contributed by atoms with Crippen molar-refractivity contribution in [2.75, 3.05) is 10.6 Å². The topological polar surface area (TPSA) is 93.3 Å². The van der Waals surface area contributed by atoms with E-state index in [1.165, 1.54) is 36.7 Å². The molecule has 0 atom stereocenters. The van der Waals surface area contributed by atoms with Gasteiger partial charge < -0.3 is 19.6 Å². The minimum absolute atomic E-state index is 0.116. The largest absolute Gasteiger partial charge is 0.472 e. The highest BCUT2D eigenvalue weighted by molar-refractivity contribution is 9.10. The van der Waals surface area contributed by atoms with Crippen LogP contribution in [0, 0.1) is 0 Å². The van der Waals surface area contributed by atoms with Crippen LogP contribution in [0.15, 0.2) is 68.8 Å². The third-order valence-electron chi connectivity index (χ3n) is 3.90. The Morgan fingerprint density at radius 2 is 1.87 bits per heavy atom. The maximum absolute atomic E-state index is 13.5. The maximum atomic E-state index is 13.5. The summed E-state index contributed by atoms with van der Waals surface area (Å²) < 4.78 is 46.8. The van der Waals surface area contributed by atoms with E-state index in [0.717, 1.165) is 16.9 Å². The van der Waals surface area contributed by atoms with E-state index in [0.29, 0.717) is 10.5 Å². The van der Waals surface area contributed by atoms with Crippen LogP contribution in [0.25, 0.3) is 0 Å². The Kier molecular flexibility index (Phi) is 6.11. The molecule has 2 heterocycles. The van der Waals surface area contributed by atoms with Crippen molar-refractivity contribution in [3.8, 4) is 0 Å². The number of aromatic nitrogens is 1. The Morgan fingerprint density at radius 3 is 2.53 bits per heavy atom. The zero-order valence-corrected chi connectivity index (χ0v) is 16.6. The van der Waals surface area contributed by atoms with Crippen LogP contribution in [-0.4, -0.2) is 16.4 Å². The Balaban J connectivity index is 1.81. The smallest absolute Gasteiger partial charge is 0.418 e. The average Bonchev–Trinajstić information content (AvgIpc) is 3.20. The van der Waals surface area contributed by atoms with E-state index in [1.54, 1.807) is 0 Å². The monoisotopic (exact) mass is 483 g/mol. The summed E-state index contributed by atoms with van der Waals surface area (Å²) in [5.74, 6) is -1.47. The van der Waals surface area contributed by atoms with Crippen molar-refractivity contribution in [1.82, 2.24) is 4.57 Å². The van der Waals surface area contributed by atoms with Crippen molar-refractivity contribution in [3.05, 3.63) is 81.1 Å². The zero-order chi connectivity index (χ0) is 21.9. The van der Waals surface area contributed by atoms with Crippen molar-refractivity contribution < 1.29 is 27.2 Å². The number of rotatable bonds is 5. The summed E-state index contributed by atoms with van der Waals surface area (Å²) in [5, 5.41) is 4.49. The highest BCUT2D eigenvalue weighted by Crippen LogP contribution is 2.36. The molecule has 2 N–H and O–H groups in total. The second-order valence-corrected chi connectivity index (χ2v) is 7.00. The quantitative estimate of drug-likeness (QED) is 0.570. The lowest BCUT2D eigenvalue weighted by Crippen LogP contribution is -2.27. The first-order chi connectivity index (χ1) is 14.1. The lowest BCUT2D eigenvalue weighted by Gasteiger charge is -2.16. The van der Waals surface area contributed by atoms with Crippen molar-refractivity contribution in [2.45, 2.75) is 12.7 Å². The molecular formula is C19H13BrF3N3O4. The van der Waals surface area contributed by atoms with E-state index in [9.17, 15) is 27.6 Å². The summed E-state index contributed by atoms with van der Waals surface area (Å²) in [5.41, 5.74) is -2.11. The average molecular weight is 484 g/mol. The second kappa shape index (κ2) is 8.57. The molecule has 0 unspecified atom stereocenters. The molecule has 7 nitrogen and oxygen atoms in total. The molecule has 1 aromatic carbocycles. The summed E-state index contributed by atoms with van der Waals surface area (Å²) in [6.07, 6.45) is -1.05. The SMILES string of the molecule is O=C(Cn1cc(Br)ccc1=O)Nc1ccc(NC(=O)c2ccoc2)cc1C(F)(F)F. The first-order valence-corrected chi connectivity index (χ1v) is 9.13. The molecule has 0 saturated heterocycles. The molecule has 2 aromatic heterocycles. The minimum Gasteiger partial charge on any atom is -0.472 e. The fraction of sp³-hybridized carbons (Fsp3) is 0.105. The molecular weight excluding hydrogens is 471 g/mol. The van der Waals surface area contributed by atoms with Gasteiger partial charge in [-0.2, -0.15) is 13.2 Å². The van der Waals surface area contributed by atoms with Crippen LogP contribution >= 0.6 is 15.9 Å². The number of hydrogen-bond donors (Lipinski definition) is 2. The van der Waals surface area contributed by atoms with Crippen LogP contribution in [0.2, 0.25) is 0 Å². The summed E-state index contributed by atoms with van der Waals surface area (Å²) in [6.45, 7) is -0.478. The number of amides is 2. The van der Waals surface area contributed by atoms with E-state index >= 15 is 0 Å². The van der Waals surface area contributed by atoms with Gasteiger partial charge in [0.05, 0.1) is 23.1 Å². The predicted molar refractivity (Wildman–Crippen MR) is 105 cm³/mol. The van der Waals surface area contributed by atoms with E-state index < -0.39 is 41.3 Å². The molecule has 0 aliphatic carbocycles. The van der Waals surface area contributed by atoms with Gasteiger partial charge in [0.1, 0.15) is 12.8 Å². The first-order valence-electron chi connectivity index (χ1n) is 8.34. The van der Waals surface area contributed by atoms with Crippen molar-refractivity contribution in [2.24, 2.45) is 0 Å². The maximum Gasteiger partial charge on any atom is 0.418 e. The number of carbonyl (C=O) groups excluding carboxylic acids is 2. The van der Waals surface area contributed by atoms with Gasteiger partial charge >= 0.3 is 6.18 Å². The molecule has 0 bridgehead atoms. The Bertz CT molecular complexity index is 1140. The number of furan rings is 1. The van der Waals surface area contributed by atoms with Crippen LogP contribution < -0.4 is 16.2 Å². The number of pyridine rings is 1. The number of hydrogen-bond acceptors (Lipinski definition) is 4. The molecule has 11 heteroatoms. The van der Waals surface area contributed by atoms with E-state index in [1.807, 2.05) is 0 Å². The Morgan fingerprint density at radius 1 is 1.10 bits per heavy atom. The van der Waals surface area contributed by atoms with Gasteiger partial charge in [-0.25, -0.2) is 0 Å². The van der Waals surface area contributed by atoms with Crippen LogP contribution in [0.5, 0.6) is 0 Å². The predicted octanol–water partition coefficient (Wildman–Crippen LogP) is 4.11. The highest BCUT2D eigenvalue weighted by atomic mass is 79.9. The van der Waals surface area contributed by atoms with Gasteiger partial charge in [0, 0.05) is 22.4 Å². The Labute approximate surface area is 175 Å². The highest BCUT2D eigenvalue weighted by Gasteiger charge is 2.34. The molecule has 0 fully saturated rings. The number of halogens is 4. The van der Waals surface area contributed by atoms with E-state index in [2.05, 4.69) is 26.6 Å². The molecule has 3 rings (SSSR count). The number of anilines is 2. The molecule has 0 aliphatic rings. The normalized spacial score (nSPS) is 11.2. The van der Waals surface area contributed by atoms with Crippen LogP contribution in [-0.2, 0) is 17.5 Å². The van der Waals surface area contributed by atoms with Crippen molar-refractivity contribution >= 4 is 39.1 Å². The van der Waals surface area contributed by atoms with E-state index in [4.69, 9.17) is 4.42 Å². The number of nitrogens with one attached hydrogen (secondary N) is 2. The first kappa shape index (κ1) is 21.4. The van der Waals surface area contributed by atoms with Crippen molar-refractivity contribution in [1.29, 1.82) is 0 Å². The standard InChI is InChI=1S/C19H13BrF3N3O4/c20-12-1-4-17(28)26(8-12)9-16(27)25-15-3-2-13(7-14(15)19(21,22)23)24-18(29)11-5-6-30-10-11/h1-8,10H,9H2,(H,24,29)(H,25,27). The van der Waals surface area contributed by atoms with Gasteiger partial charge in [-0.05, 0) is 46.3 Å². The number of nitrogens with zero attached hydrogens (tertiary/aromatic N) is 1. The summed E-state index contributed by atoms with van der Waals surface area (Å²) >= 11 is 3.15. The molecule has 0 saturated carbocycles. The third kappa shape index (κ3) is 5.17. The van der Waals surface area contributed by atoms with Crippen LogP contribution in [0.4, 0.5) is 24.5 Å². The Hall–Kier alpha value is -3.34.